The molecule has 2 aromatic rings. The van der Waals surface area contributed by atoms with Gasteiger partial charge in [0.05, 0.1) is 10.6 Å². The lowest BCUT2D eigenvalue weighted by atomic mass is 10.2. The fourth-order valence-corrected chi connectivity index (χ4v) is 3.67. The smallest absolute Gasteiger partial charge is 0.350 e. The molecule has 0 aromatic heterocycles. The predicted molar refractivity (Wildman–Crippen MR) is 107 cm³/mol. The standard InChI is InChI=1S/C19H17ClN2O6S/c1-19(2)27-17(23)16(18(24)28-19)11-21-13-6-8-15(9-7-13)29(25,26)22-14-5-3-4-12(20)10-14/h3-11,21-22H,1-2H3. The number of rotatable bonds is 5. The summed E-state index contributed by atoms with van der Waals surface area (Å²) < 4.78 is 37.3. The lowest BCUT2D eigenvalue weighted by molar-refractivity contribution is -0.222. The van der Waals surface area contributed by atoms with Gasteiger partial charge in [-0.3, -0.25) is 4.72 Å². The molecule has 0 atom stereocenters. The highest BCUT2D eigenvalue weighted by atomic mass is 35.5. The molecule has 1 fully saturated rings. The second kappa shape index (κ2) is 7.76. The molecule has 0 spiro atoms. The molecule has 1 aliphatic rings. The molecule has 2 N–H and O–H groups in total. The van der Waals surface area contributed by atoms with Crippen molar-refractivity contribution in [2.75, 3.05) is 10.0 Å². The van der Waals surface area contributed by atoms with Gasteiger partial charge in [-0.2, -0.15) is 0 Å². The summed E-state index contributed by atoms with van der Waals surface area (Å²) in [6, 6.07) is 12.0. The first-order valence-electron chi connectivity index (χ1n) is 8.38. The van der Waals surface area contributed by atoms with E-state index >= 15 is 0 Å². The van der Waals surface area contributed by atoms with Crippen LogP contribution >= 0.6 is 11.6 Å². The zero-order chi connectivity index (χ0) is 21.2. The molecule has 3 rings (SSSR count). The van der Waals surface area contributed by atoms with Crippen molar-refractivity contribution in [1.29, 1.82) is 0 Å². The number of ether oxygens (including phenoxy) is 2. The van der Waals surface area contributed by atoms with Gasteiger partial charge in [-0.25, -0.2) is 18.0 Å². The maximum absolute atomic E-state index is 12.5. The Morgan fingerprint density at radius 3 is 2.17 bits per heavy atom. The third-order valence-corrected chi connectivity index (χ3v) is 5.37. The van der Waals surface area contributed by atoms with E-state index in [0.717, 1.165) is 6.20 Å². The first-order valence-corrected chi connectivity index (χ1v) is 10.2. The first-order chi connectivity index (χ1) is 13.6. The number of carbonyl (C=O) groups is 2. The van der Waals surface area contributed by atoms with Crippen molar-refractivity contribution >= 4 is 44.9 Å². The molecule has 1 aliphatic heterocycles. The summed E-state index contributed by atoms with van der Waals surface area (Å²) in [6.07, 6.45) is 1.15. The van der Waals surface area contributed by atoms with Crippen molar-refractivity contribution in [1.82, 2.24) is 0 Å². The van der Waals surface area contributed by atoms with Crippen molar-refractivity contribution in [2.45, 2.75) is 24.5 Å². The Kier molecular flexibility index (Phi) is 5.54. The van der Waals surface area contributed by atoms with Crippen molar-refractivity contribution in [2.24, 2.45) is 0 Å². The van der Waals surface area contributed by atoms with Crippen LogP contribution in [-0.4, -0.2) is 26.1 Å². The van der Waals surface area contributed by atoms with Crippen molar-refractivity contribution in [3.8, 4) is 0 Å². The van der Waals surface area contributed by atoms with Gasteiger partial charge in [0.15, 0.2) is 5.57 Å². The summed E-state index contributed by atoms with van der Waals surface area (Å²) in [6.45, 7) is 2.90. The van der Waals surface area contributed by atoms with Crippen LogP contribution in [0.4, 0.5) is 11.4 Å². The molecular weight excluding hydrogens is 420 g/mol. The number of anilines is 2. The fraction of sp³-hybridized carbons (Fsp3) is 0.158. The van der Waals surface area contributed by atoms with E-state index in [1.54, 1.807) is 18.2 Å². The number of nitrogens with one attached hydrogen (secondary N) is 2. The van der Waals surface area contributed by atoms with Crippen LogP contribution in [-0.2, 0) is 29.1 Å². The number of benzene rings is 2. The van der Waals surface area contributed by atoms with E-state index in [1.165, 1.54) is 44.2 Å². The molecule has 0 aliphatic carbocycles. The lowest BCUT2D eigenvalue weighted by Crippen LogP contribution is -2.42. The van der Waals surface area contributed by atoms with Gasteiger partial charge in [0.2, 0.25) is 0 Å². The molecule has 0 radical (unpaired) electrons. The van der Waals surface area contributed by atoms with Gasteiger partial charge in [0.1, 0.15) is 0 Å². The quantitative estimate of drug-likeness (QED) is 0.420. The summed E-state index contributed by atoms with van der Waals surface area (Å²) >= 11 is 5.86. The molecule has 29 heavy (non-hydrogen) atoms. The second-order valence-corrected chi connectivity index (χ2v) is 8.64. The normalized spacial score (nSPS) is 15.9. The Morgan fingerprint density at radius 1 is 0.966 bits per heavy atom. The summed E-state index contributed by atoms with van der Waals surface area (Å²) in [5.41, 5.74) is 0.481. The number of esters is 2. The highest BCUT2D eigenvalue weighted by Gasteiger charge is 2.38. The Bertz CT molecular complexity index is 1070. The maximum Gasteiger partial charge on any atom is 0.350 e. The summed E-state index contributed by atoms with van der Waals surface area (Å²) in [4.78, 5) is 23.8. The molecule has 0 unspecified atom stereocenters. The summed E-state index contributed by atoms with van der Waals surface area (Å²) in [5.74, 6) is -2.95. The minimum absolute atomic E-state index is 0.0221. The Labute approximate surface area is 172 Å². The average molecular weight is 437 g/mol. The summed E-state index contributed by atoms with van der Waals surface area (Å²) in [7, 11) is -3.81. The Hall–Kier alpha value is -3.04. The van der Waals surface area contributed by atoms with Crippen LogP contribution in [0.3, 0.4) is 0 Å². The fourth-order valence-electron chi connectivity index (χ4n) is 2.43. The van der Waals surface area contributed by atoms with E-state index in [4.69, 9.17) is 21.1 Å². The first kappa shape index (κ1) is 20.7. The molecule has 1 saturated heterocycles. The zero-order valence-corrected chi connectivity index (χ0v) is 17.0. The van der Waals surface area contributed by atoms with Gasteiger partial charge in [0, 0.05) is 30.8 Å². The van der Waals surface area contributed by atoms with Crippen molar-refractivity contribution in [3.63, 3.8) is 0 Å². The molecule has 10 heteroatoms. The van der Waals surface area contributed by atoms with Crippen LogP contribution in [0.5, 0.6) is 0 Å². The Morgan fingerprint density at radius 2 is 1.59 bits per heavy atom. The number of hydrogen-bond acceptors (Lipinski definition) is 7. The van der Waals surface area contributed by atoms with Crippen LogP contribution in [0, 0.1) is 0 Å². The molecule has 8 nitrogen and oxygen atoms in total. The minimum atomic E-state index is -3.81. The molecule has 1 heterocycles. The number of sulfonamides is 1. The Balaban J connectivity index is 1.72. The van der Waals surface area contributed by atoms with Gasteiger partial charge >= 0.3 is 11.9 Å². The van der Waals surface area contributed by atoms with Gasteiger partial charge in [-0.1, -0.05) is 17.7 Å². The topological polar surface area (TPSA) is 111 Å². The van der Waals surface area contributed by atoms with Crippen molar-refractivity contribution < 1.29 is 27.5 Å². The van der Waals surface area contributed by atoms with E-state index in [1.807, 2.05) is 0 Å². The molecular formula is C19H17ClN2O6S. The minimum Gasteiger partial charge on any atom is -0.419 e. The van der Waals surface area contributed by atoms with Crippen molar-refractivity contribution in [3.05, 3.63) is 65.3 Å². The van der Waals surface area contributed by atoms with Gasteiger partial charge < -0.3 is 14.8 Å². The second-order valence-electron chi connectivity index (χ2n) is 6.52. The number of hydrogen-bond donors (Lipinski definition) is 2. The molecule has 0 amide bonds. The molecule has 0 saturated carbocycles. The molecule has 152 valence electrons. The third-order valence-electron chi connectivity index (χ3n) is 3.74. The van der Waals surface area contributed by atoms with E-state index in [9.17, 15) is 18.0 Å². The van der Waals surface area contributed by atoms with Gasteiger partial charge in [-0.15, -0.1) is 0 Å². The zero-order valence-electron chi connectivity index (χ0n) is 15.4. The highest BCUT2D eigenvalue weighted by Crippen LogP contribution is 2.24. The van der Waals surface area contributed by atoms with Crippen LogP contribution in [0.15, 0.2) is 65.2 Å². The molecule has 0 bridgehead atoms. The maximum atomic E-state index is 12.5. The van der Waals surface area contributed by atoms with E-state index in [-0.39, 0.29) is 10.5 Å². The number of halogens is 1. The van der Waals surface area contributed by atoms with Crippen LogP contribution in [0.2, 0.25) is 5.02 Å². The lowest BCUT2D eigenvalue weighted by Gasteiger charge is -2.29. The number of carbonyl (C=O) groups excluding carboxylic acids is 2. The van der Waals surface area contributed by atoms with Crippen LogP contribution in [0.1, 0.15) is 13.8 Å². The van der Waals surface area contributed by atoms with Crippen LogP contribution < -0.4 is 10.0 Å². The average Bonchev–Trinajstić information content (AvgIpc) is 2.60. The van der Waals surface area contributed by atoms with Gasteiger partial charge in [-0.05, 0) is 42.5 Å². The largest absolute Gasteiger partial charge is 0.419 e. The van der Waals surface area contributed by atoms with E-state index in [2.05, 4.69) is 10.0 Å². The third kappa shape index (κ3) is 5.07. The SMILES string of the molecule is CC1(C)OC(=O)C(=CNc2ccc(S(=O)(=O)Nc3cccc(Cl)c3)cc2)C(=O)O1. The van der Waals surface area contributed by atoms with E-state index < -0.39 is 27.7 Å². The van der Waals surface area contributed by atoms with E-state index in [0.29, 0.717) is 16.4 Å². The summed E-state index contributed by atoms with van der Waals surface area (Å²) in [5, 5.41) is 3.15. The number of cyclic esters (lactones) is 2. The predicted octanol–water partition coefficient (Wildman–Crippen LogP) is 3.27. The van der Waals surface area contributed by atoms with Crippen LogP contribution in [0.25, 0.3) is 0 Å². The van der Waals surface area contributed by atoms with Gasteiger partial charge in [0.25, 0.3) is 15.8 Å². The molecule has 2 aromatic carbocycles. The monoisotopic (exact) mass is 436 g/mol. The highest BCUT2D eigenvalue weighted by molar-refractivity contribution is 7.92.